The second-order valence-electron chi connectivity index (χ2n) is 4.08. The summed E-state index contributed by atoms with van der Waals surface area (Å²) < 4.78 is 0. The number of rotatable bonds is 4. The number of aryl methyl sites for hydroxylation is 1. The number of hydrogen-bond donors (Lipinski definition) is 2. The van der Waals surface area contributed by atoms with Gasteiger partial charge in [-0.3, -0.25) is 0 Å². The maximum Gasteiger partial charge on any atom is 0.127 e. The zero-order valence-electron chi connectivity index (χ0n) is 9.98. The molecule has 0 saturated carbocycles. The lowest BCUT2D eigenvalue weighted by molar-refractivity contribution is 0.994. The lowest BCUT2D eigenvalue weighted by Crippen LogP contribution is -2.07. The molecule has 0 saturated heterocycles. The van der Waals surface area contributed by atoms with E-state index in [-0.39, 0.29) is 0 Å². The number of pyridine rings is 1. The second-order valence-corrected chi connectivity index (χ2v) is 4.08. The number of hydrogen-bond acceptors (Lipinski definition) is 3. The summed E-state index contributed by atoms with van der Waals surface area (Å²) in [5, 5.41) is 3.27. The van der Waals surface area contributed by atoms with E-state index in [9.17, 15) is 0 Å². The third kappa shape index (κ3) is 3.21. The summed E-state index contributed by atoms with van der Waals surface area (Å²) >= 11 is 0. The average Bonchev–Trinajstić information content (AvgIpc) is 2.32. The minimum absolute atomic E-state index is 0.735. The molecule has 0 fully saturated rings. The van der Waals surface area contributed by atoms with Crippen LogP contribution < -0.4 is 11.1 Å². The fourth-order valence-electron chi connectivity index (χ4n) is 1.76. The number of nitrogens with zero attached hydrogens (tertiary/aromatic N) is 1. The minimum atomic E-state index is 0.735. The highest BCUT2D eigenvalue weighted by atomic mass is 15.0. The fourth-order valence-corrected chi connectivity index (χ4v) is 1.76. The number of anilines is 2. The van der Waals surface area contributed by atoms with E-state index in [0.717, 1.165) is 24.5 Å². The third-order valence-electron chi connectivity index (χ3n) is 2.75. The van der Waals surface area contributed by atoms with Crippen molar-refractivity contribution in [3.8, 4) is 0 Å². The predicted octanol–water partition coefficient (Wildman–Crippen LogP) is 2.63. The monoisotopic (exact) mass is 227 g/mol. The minimum Gasteiger partial charge on any atom is -0.399 e. The molecule has 3 nitrogen and oxygen atoms in total. The molecule has 3 N–H and O–H groups in total. The van der Waals surface area contributed by atoms with Gasteiger partial charge in [0.15, 0.2) is 0 Å². The molecule has 0 spiro atoms. The third-order valence-corrected chi connectivity index (χ3v) is 2.75. The molecule has 1 heterocycles. The topological polar surface area (TPSA) is 50.9 Å². The maximum atomic E-state index is 5.69. The summed E-state index contributed by atoms with van der Waals surface area (Å²) in [7, 11) is 0. The Labute approximate surface area is 102 Å². The summed E-state index contributed by atoms with van der Waals surface area (Å²) in [4.78, 5) is 4.20. The highest BCUT2D eigenvalue weighted by molar-refractivity contribution is 5.48. The van der Waals surface area contributed by atoms with E-state index in [1.54, 1.807) is 12.3 Å². The van der Waals surface area contributed by atoms with Crippen LogP contribution in [0.3, 0.4) is 0 Å². The van der Waals surface area contributed by atoms with Gasteiger partial charge in [0.2, 0.25) is 0 Å². The van der Waals surface area contributed by atoms with Crippen molar-refractivity contribution in [3.63, 3.8) is 0 Å². The number of benzene rings is 1. The van der Waals surface area contributed by atoms with Gasteiger partial charge in [-0.25, -0.2) is 4.98 Å². The van der Waals surface area contributed by atoms with E-state index in [0.29, 0.717) is 0 Å². The number of nitrogen functional groups attached to an aromatic ring is 1. The van der Waals surface area contributed by atoms with Crippen LogP contribution in [0, 0.1) is 6.92 Å². The molecule has 1 aromatic carbocycles. The fraction of sp³-hybridized carbons (Fsp3) is 0.214. The average molecular weight is 227 g/mol. The molecule has 0 atom stereocenters. The zero-order chi connectivity index (χ0) is 12.1. The van der Waals surface area contributed by atoms with Crippen LogP contribution in [0.25, 0.3) is 0 Å². The first-order chi connectivity index (χ1) is 8.25. The lowest BCUT2D eigenvalue weighted by Gasteiger charge is -2.08. The first kappa shape index (κ1) is 11.5. The molecule has 0 radical (unpaired) electrons. The van der Waals surface area contributed by atoms with Gasteiger partial charge in [0.05, 0.1) is 0 Å². The molecular weight excluding hydrogens is 210 g/mol. The second kappa shape index (κ2) is 5.34. The summed E-state index contributed by atoms with van der Waals surface area (Å²) in [6.45, 7) is 3.00. The van der Waals surface area contributed by atoms with Gasteiger partial charge in [0.1, 0.15) is 5.82 Å². The van der Waals surface area contributed by atoms with E-state index in [4.69, 9.17) is 5.73 Å². The Hall–Kier alpha value is -2.03. The van der Waals surface area contributed by atoms with Crippen LogP contribution in [0.5, 0.6) is 0 Å². The van der Waals surface area contributed by atoms with Gasteiger partial charge in [-0.15, -0.1) is 0 Å². The highest BCUT2D eigenvalue weighted by Crippen LogP contribution is 2.10. The van der Waals surface area contributed by atoms with Crippen molar-refractivity contribution in [2.45, 2.75) is 13.3 Å². The molecule has 0 aliphatic carbocycles. The molecule has 0 aliphatic heterocycles. The summed E-state index contributed by atoms with van der Waals surface area (Å²) in [6.07, 6.45) is 2.70. The van der Waals surface area contributed by atoms with Crippen LogP contribution in [0.4, 0.5) is 11.5 Å². The number of aromatic nitrogens is 1. The van der Waals surface area contributed by atoms with Crippen molar-refractivity contribution >= 4 is 11.5 Å². The Morgan fingerprint density at radius 1 is 1.24 bits per heavy atom. The predicted molar refractivity (Wildman–Crippen MR) is 72.0 cm³/mol. The van der Waals surface area contributed by atoms with E-state index >= 15 is 0 Å². The van der Waals surface area contributed by atoms with Crippen LogP contribution in [0.1, 0.15) is 11.1 Å². The largest absolute Gasteiger partial charge is 0.399 e. The number of nitrogens with one attached hydrogen (secondary N) is 1. The zero-order valence-corrected chi connectivity index (χ0v) is 9.98. The molecule has 2 aromatic rings. The molecular formula is C14H17N3. The highest BCUT2D eigenvalue weighted by Gasteiger charge is 1.98. The van der Waals surface area contributed by atoms with Gasteiger partial charge >= 0.3 is 0 Å². The first-order valence-electron chi connectivity index (χ1n) is 5.75. The molecule has 17 heavy (non-hydrogen) atoms. The molecule has 2 rings (SSSR count). The Morgan fingerprint density at radius 3 is 2.82 bits per heavy atom. The van der Waals surface area contributed by atoms with Crippen molar-refractivity contribution in [1.29, 1.82) is 0 Å². The Morgan fingerprint density at radius 2 is 2.06 bits per heavy atom. The van der Waals surface area contributed by atoms with Gasteiger partial charge < -0.3 is 11.1 Å². The van der Waals surface area contributed by atoms with Crippen LogP contribution in [-0.4, -0.2) is 11.5 Å². The Kier molecular flexibility index (Phi) is 3.60. The first-order valence-corrected chi connectivity index (χ1v) is 5.75. The van der Waals surface area contributed by atoms with E-state index in [2.05, 4.69) is 41.5 Å². The SMILES string of the molecule is Cc1ccccc1CCNc1cc(N)ccn1. The van der Waals surface area contributed by atoms with Crippen LogP contribution in [0.2, 0.25) is 0 Å². The molecule has 0 aliphatic rings. The van der Waals surface area contributed by atoms with E-state index in [1.807, 2.05) is 6.07 Å². The molecule has 88 valence electrons. The number of nitrogens with two attached hydrogens (primary N) is 1. The van der Waals surface area contributed by atoms with Crippen molar-refractivity contribution in [1.82, 2.24) is 4.98 Å². The van der Waals surface area contributed by atoms with Gasteiger partial charge in [0.25, 0.3) is 0 Å². The van der Waals surface area contributed by atoms with Gasteiger partial charge in [-0.05, 0) is 30.5 Å². The van der Waals surface area contributed by atoms with Crippen molar-refractivity contribution in [2.75, 3.05) is 17.6 Å². The summed E-state index contributed by atoms with van der Waals surface area (Å²) in [5.41, 5.74) is 9.11. The van der Waals surface area contributed by atoms with Crippen molar-refractivity contribution in [3.05, 3.63) is 53.7 Å². The quantitative estimate of drug-likeness (QED) is 0.844. The molecule has 0 unspecified atom stereocenters. The van der Waals surface area contributed by atoms with Gasteiger partial charge in [0, 0.05) is 24.5 Å². The van der Waals surface area contributed by atoms with Crippen LogP contribution in [0.15, 0.2) is 42.6 Å². The van der Waals surface area contributed by atoms with Crippen molar-refractivity contribution in [2.24, 2.45) is 0 Å². The maximum absolute atomic E-state index is 5.69. The normalized spacial score (nSPS) is 10.2. The van der Waals surface area contributed by atoms with Crippen molar-refractivity contribution < 1.29 is 0 Å². The Bertz CT molecular complexity index is 494. The van der Waals surface area contributed by atoms with Gasteiger partial charge in [-0.1, -0.05) is 24.3 Å². The molecule has 3 heteroatoms. The smallest absolute Gasteiger partial charge is 0.127 e. The molecule has 0 amide bonds. The summed E-state index contributed by atoms with van der Waals surface area (Å²) in [6, 6.07) is 12.1. The Balaban J connectivity index is 1.90. The van der Waals surface area contributed by atoms with E-state index in [1.165, 1.54) is 11.1 Å². The molecule has 1 aromatic heterocycles. The van der Waals surface area contributed by atoms with Gasteiger partial charge in [-0.2, -0.15) is 0 Å². The lowest BCUT2D eigenvalue weighted by atomic mass is 10.1. The van der Waals surface area contributed by atoms with E-state index < -0.39 is 0 Å². The van der Waals surface area contributed by atoms with Crippen LogP contribution in [-0.2, 0) is 6.42 Å². The summed E-state index contributed by atoms with van der Waals surface area (Å²) in [5.74, 6) is 0.832. The molecule has 0 bridgehead atoms. The standard InChI is InChI=1S/C14H17N3/c1-11-4-2-3-5-12(11)6-8-16-14-10-13(15)7-9-17-14/h2-5,7,9-10H,6,8H2,1H3,(H3,15,16,17). The van der Waals surface area contributed by atoms with Crippen LogP contribution >= 0.6 is 0 Å².